The summed E-state index contributed by atoms with van der Waals surface area (Å²) in [6.07, 6.45) is -0.123. The molecule has 2 unspecified atom stereocenters. The maximum atomic E-state index is 13.1. The van der Waals surface area contributed by atoms with E-state index in [2.05, 4.69) is 0 Å². The van der Waals surface area contributed by atoms with E-state index in [1.54, 1.807) is 4.90 Å². The summed E-state index contributed by atoms with van der Waals surface area (Å²) >= 11 is 0. The highest BCUT2D eigenvalue weighted by Crippen LogP contribution is 2.22. The number of hydrogen-bond acceptors (Lipinski definition) is 3. The molecule has 2 atom stereocenters. The molecule has 0 radical (unpaired) electrons. The van der Waals surface area contributed by atoms with Crippen molar-refractivity contribution in [2.24, 2.45) is 0 Å². The first-order valence-electron chi connectivity index (χ1n) is 5.90. The van der Waals surface area contributed by atoms with Crippen LogP contribution in [0.2, 0.25) is 0 Å². The molecule has 1 aromatic carbocycles. The third kappa shape index (κ3) is 2.61. The number of phenols is 1. The Morgan fingerprint density at radius 1 is 1.39 bits per heavy atom. The zero-order valence-electron chi connectivity index (χ0n) is 10.4. The van der Waals surface area contributed by atoms with Crippen molar-refractivity contribution in [3.05, 3.63) is 29.6 Å². The fourth-order valence-electron chi connectivity index (χ4n) is 2.19. The van der Waals surface area contributed by atoms with E-state index < -0.39 is 5.82 Å². The molecule has 1 aliphatic rings. The van der Waals surface area contributed by atoms with Crippen LogP contribution in [0.25, 0.3) is 0 Å². The van der Waals surface area contributed by atoms with Gasteiger partial charge in [-0.1, -0.05) is 0 Å². The van der Waals surface area contributed by atoms with E-state index >= 15 is 0 Å². The standard InChI is InChI=1S/C13H16FNO3/c1-8-6-15(7-9(2)18-8)13(17)11-5-10(14)3-4-12(11)16/h3-5,8-9,16H,6-7H2,1-2H3. The van der Waals surface area contributed by atoms with Crippen molar-refractivity contribution in [3.63, 3.8) is 0 Å². The largest absolute Gasteiger partial charge is 0.507 e. The Balaban J connectivity index is 2.22. The van der Waals surface area contributed by atoms with Gasteiger partial charge in [0.15, 0.2) is 0 Å². The molecule has 4 nitrogen and oxygen atoms in total. The number of halogens is 1. The van der Waals surface area contributed by atoms with Crippen molar-refractivity contribution >= 4 is 5.91 Å². The average molecular weight is 253 g/mol. The summed E-state index contributed by atoms with van der Waals surface area (Å²) in [6, 6.07) is 3.37. The first kappa shape index (κ1) is 12.8. The molecule has 1 aromatic rings. The van der Waals surface area contributed by atoms with Crippen LogP contribution in [0.4, 0.5) is 4.39 Å². The highest BCUT2D eigenvalue weighted by atomic mass is 19.1. The van der Waals surface area contributed by atoms with Crippen molar-refractivity contribution < 1.29 is 19.0 Å². The summed E-state index contributed by atoms with van der Waals surface area (Å²) in [5.41, 5.74) is -0.00343. The van der Waals surface area contributed by atoms with Crippen LogP contribution in [0, 0.1) is 5.82 Å². The number of rotatable bonds is 1. The summed E-state index contributed by atoms with van der Waals surface area (Å²) in [6.45, 7) is 4.64. The van der Waals surface area contributed by atoms with E-state index in [1.807, 2.05) is 13.8 Å². The molecule has 0 aromatic heterocycles. The molecule has 5 heteroatoms. The van der Waals surface area contributed by atoms with Crippen LogP contribution in [-0.4, -0.2) is 41.2 Å². The molecule has 18 heavy (non-hydrogen) atoms. The molecular formula is C13H16FNO3. The van der Waals surface area contributed by atoms with E-state index in [0.29, 0.717) is 13.1 Å². The average Bonchev–Trinajstić information content (AvgIpc) is 2.30. The molecule has 1 fully saturated rings. The lowest BCUT2D eigenvalue weighted by Crippen LogP contribution is -2.48. The van der Waals surface area contributed by atoms with E-state index in [1.165, 1.54) is 6.07 Å². The quantitative estimate of drug-likeness (QED) is 0.830. The molecule has 0 bridgehead atoms. The molecule has 1 aliphatic heterocycles. The second-order valence-electron chi connectivity index (χ2n) is 4.63. The Bertz CT molecular complexity index is 454. The monoisotopic (exact) mass is 253 g/mol. The van der Waals surface area contributed by atoms with Gasteiger partial charge >= 0.3 is 0 Å². The molecule has 2 rings (SSSR count). The Morgan fingerprint density at radius 3 is 2.61 bits per heavy atom. The third-order valence-corrected chi connectivity index (χ3v) is 2.90. The van der Waals surface area contributed by atoms with Gasteiger partial charge in [-0.2, -0.15) is 0 Å². The topological polar surface area (TPSA) is 49.8 Å². The zero-order valence-corrected chi connectivity index (χ0v) is 10.4. The molecule has 0 spiro atoms. The van der Waals surface area contributed by atoms with Gasteiger partial charge in [0.25, 0.3) is 5.91 Å². The highest BCUT2D eigenvalue weighted by molar-refractivity contribution is 5.96. The van der Waals surface area contributed by atoms with Crippen LogP contribution in [0.15, 0.2) is 18.2 Å². The van der Waals surface area contributed by atoms with Gasteiger partial charge in [0.2, 0.25) is 0 Å². The Morgan fingerprint density at radius 2 is 2.00 bits per heavy atom. The smallest absolute Gasteiger partial charge is 0.257 e. The number of carbonyl (C=O) groups is 1. The van der Waals surface area contributed by atoms with E-state index in [0.717, 1.165) is 12.1 Å². The SMILES string of the molecule is CC1CN(C(=O)c2cc(F)ccc2O)CC(C)O1. The normalized spacial score (nSPS) is 24.1. The third-order valence-electron chi connectivity index (χ3n) is 2.90. The van der Waals surface area contributed by atoms with Gasteiger partial charge in [-0.25, -0.2) is 4.39 Å². The molecule has 98 valence electrons. The minimum Gasteiger partial charge on any atom is -0.507 e. The Hall–Kier alpha value is -1.62. The fourth-order valence-corrected chi connectivity index (χ4v) is 2.19. The number of amides is 1. The summed E-state index contributed by atoms with van der Waals surface area (Å²) in [5.74, 6) is -1.10. The fraction of sp³-hybridized carbons (Fsp3) is 0.462. The lowest BCUT2D eigenvalue weighted by Gasteiger charge is -2.35. The zero-order chi connectivity index (χ0) is 13.3. The van der Waals surface area contributed by atoms with Gasteiger partial charge in [-0.15, -0.1) is 0 Å². The molecule has 1 heterocycles. The maximum Gasteiger partial charge on any atom is 0.257 e. The van der Waals surface area contributed by atoms with Gasteiger partial charge in [-0.05, 0) is 32.0 Å². The first-order valence-corrected chi connectivity index (χ1v) is 5.90. The van der Waals surface area contributed by atoms with Crippen LogP contribution in [0.5, 0.6) is 5.75 Å². The number of nitrogens with zero attached hydrogens (tertiary/aromatic N) is 1. The minimum absolute atomic E-state index is 0.00343. The highest BCUT2D eigenvalue weighted by Gasteiger charge is 2.28. The molecule has 1 N–H and O–H groups in total. The van der Waals surface area contributed by atoms with Crippen LogP contribution in [0.3, 0.4) is 0 Å². The number of aromatic hydroxyl groups is 1. The summed E-state index contributed by atoms with van der Waals surface area (Å²) in [5, 5.41) is 9.62. The Kier molecular flexibility index (Phi) is 3.52. The first-order chi connectivity index (χ1) is 8.47. The number of phenolic OH excluding ortho intramolecular Hbond substituents is 1. The molecule has 0 saturated carbocycles. The Labute approximate surface area is 105 Å². The maximum absolute atomic E-state index is 13.1. The second kappa shape index (κ2) is 4.94. The van der Waals surface area contributed by atoms with Crippen LogP contribution in [0.1, 0.15) is 24.2 Å². The molecule has 1 saturated heterocycles. The lowest BCUT2D eigenvalue weighted by atomic mass is 10.1. The van der Waals surface area contributed by atoms with Crippen molar-refractivity contribution in [3.8, 4) is 5.75 Å². The predicted molar refractivity (Wildman–Crippen MR) is 64.0 cm³/mol. The van der Waals surface area contributed by atoms with Gasteiger partial charge in [0.05, 0.1) is 17.8 Å². The van der Waals surface area contributed by atoms with Crippen LogP contribution in [-0.2, 0) is 4.74 Å². The number of morpholine rings is 1. The van der Waals surface area contributed by atoms with E-state index in [9.17, 15) is 14.3 Å². The van der Waals surface area contributed by atoms with Gasteiger partial charge in [-0.3, -0.25) is 4.79 Å². The van der Waals surface area contributed by atoms with Crippen molar-refractivity contribution in [1.29, 1.82) is 0 Å². The molecule has 1 amide bonds. The molecular weight excluding hydrogens is 237 g/mol. The van der Waals surface area contributed by atoms with E-state index in [-0.39, 0.29) is 29.4 Å². The number of benzene rings is 1. The summed E-state index contributed by atoms with van der Waals surface area (Å²) in [4.78, 5) is 13.8. The second-order valence-corrected chi connectivity index (χ2v) is 4.63. The van der Waals surface area contributed by atoms with Crippen LogP contribution < -0.4 is 0 Å². The summed E-state index contributed by atoms with van der Waals surface area (Å²) < 4.78 is 18.6. The summed E-state index contributed by atoms with van der Waals surface area (Å²) in [7, 11) is 0. The minimum atomic E-state index is -0.537. The van der Waals surface area contributed by atoms with Crippen molar-refractivity contribution in [2.75, 3.05) is 13.1 Å². The van der Waals surface area contributed by atoms with Crippen molar-refractivity contribution in [1.82, 2.24) is 4.90 Å². The number of ether oxygens (including phenoxy) is 1. The van der Waals surface area contributed by atoms with Gasteiger partial charge in [0.1, 0.15) is 11.6 Å². The van der Waals surface area contributed by atoms with Gasteiger partial charge in [0, 0.05) is 13.1 Å². The lowest BCUT2D eigenvalue weighted by molar-refractivity contribution is -0.0586. The van der Waals surface area contributed by atoms with Gasteiger partial charge < -0.3 is 14.7 Å². The number of carbonyl (C=O) groups excluding carboxylic acids is 1. The predicted octanol–water partition coefficient (Wildman–Crippen LogP) is 1.78. The van der Waals surface area contributed by atoms with Crippen LogP contribution >= 0.6 is 0 Å². The van der Waals surface area contributed by atoms with Crippen molar-refractivity contribution in [2.45, 2.75) is 26.1 Å². The van der Waals surface area contributed by atoms with E-state index in [4.69, 9.17) is 4.74 Å². The molecule has 0 aliphatic carbocycles. The number of hydrogen-bond donors (Lipinski definition) is 1.